The molecule has 0 atom stereocenters. The number of thiophene rings is 1. The molecule has 2 N–H and O–H groups in total. The average molecular weight is 366 g/mol. The molecule has 4 rings (SSSR count). The zero-order chi connectivity index (χ0) is 18.1. The first-order valence-electron chi connectivity index (χ1n) is 9.02. The molecular weight excluding hydrogens is 344 g/mol. The van der Waals surface area contributed by atoms with Crippen LogP contribution in [0.15, 0.2) is 30.6 Å². The molecule has 5 nitrogen and oxygen atoms in total. The number of aromatic nitrogens is 2. The SMILES string of the molecule is CCc1ccc(CCC(=O)N2CCc3c(sc4ncnc(N)c34)C2)cc1. The number of nitrogen functional groups attached to an aromatic ring is 1. The fourth-order valence-electron chi connectivity index (χ4n) is 3.52. The number of amides is 1. The highest BCUT2D eigenvalue weighted by molar-refractivity contribution is 7.19. The number of carbonyl (C=O) groups is 1. The van der Waals surface area contributed by atoms with Crippen LogP contribution in [0, 0.1) is 0 Å². The van der Waals surface area contributed by atoms with Crippen molar-refractivity contribution in [1.82, 2.24) is 14.9 Å². The normalized spacial score (nSPS) is 13.8. The van der Waals surface area contributed by atoms with Gasteiger partial charge in [0.1, 0.15) is 17.0 Å². The number of benzene rings is 1. The summed E-state index contributed by atoms with van der Waals surface area (Å²) in [7, 11) is 0. The molecular formula is C20H22N4OS. The minimum atomic E-state index is 0.215. The van der Waals surface area contributed by atoms with E-state index in [0.29, 0.717) is 18.8 Å². The van der Waals surface area contributed by atoms with Crippen molar-refractivity contribution < 1.29 is 4.79 Å². The lowest BCUT2D eigenvalue weighted by atomic mass is 10.0. The Morgan fingerprint density at radius 1 is 1.23 bits per heavy atom. The van der Waals surface area contributed by atoms with Crippen LogP contribution in [0.5, 0.6) is 0 Å². The van der Waals surface area contributed by atoms with E-state index in [1.165, 1.54) is 27.9 Å². The Bertz CT molecular complexity index is 948. The summed E-state index contributed by atoms with van der Waals surface area (Å²) in [5, 5.41) is 0.982. The number of carbonyl (C=O) groups excluding carboxylic acids is 1. The molecule has 0 radical (unpaired) electrons. The van der Waals surface area contributed by atoms with E-state index >= 15 is 0 Å². The smallest absolute Gasteiger partial charge is 0.223 e. The van der Waals surface area contributed by atoms with Gasteiger partial charge in [-0.05, 0) is 36.0 Å². The highest BCUT2D eigenvalue weighted by Gasteiger charge is 2.25. The number of nitrogens with zero attached hydrogens (tertiary/aromatic N) is 3. The van der Waals surface area contributed by atoms with Crippen LogP contribution in [-0.2, 0) is 30.6 Å². The van der Waals surface area contributed by atoms with E-state index in [9.17, 15) is 4.79 Å². The molecule has 1 aromatic carbocycles. The summed E-state index contributed by atoms with van der Waals surface area (Å²) in [5.74, 6) is 0.759. The van der Waals surface area contributed by atoms with Gasteiger partial charge in [-0.3, -0.25) is 4.79 Å². The van der Waals surface area contributed by atoms with Crippen molar-refractivity contribution in [1.29, 1.82) is 0 Å². The molecule has 26 heavy (non-hydrogen) atoms. The lowest BCUT2D eigenvalue weighted by Gasteiger charge is -2.27. The molecule has 0 bridgehead atoms. The van der Waals surface area contributed by atoms with Crippen LogP contribution in [-0.4, -0.2) is 27.3 Å². The number of fused-ring (bicyclic) bond motifs is 3. The summed E-state index contributed by atoms with van der Waals surface area (Å²) < 4.78 is 0. The van der Waals surface area contributed by atoms with Gasteiger partial charge in [-0.15, -0.1) is 11.3 Å². The first kappa shape index (κ1) is 17.0. The number of aryl methyl sites for hydroxylation is 2. The minimum Gasteiger partial charge on any atom is -0.383 e. The number of hydrogen-bond donors (Lipinski definition) is 1. The quantitative estimate of drug-likeness (QED) is 0.768. The maximum atomic E-state index is 12.7. The number of rotatable bonds is 4. The summed E-state index contributed by atoms with van der Waals surface area (Å²) in [6.07, 6.45) is 4.71. The van der Waals surface area contributed by atoms with Crippen LogP contribution in [0.4, 0.5) is 5.82 Å². The highest BCUT2D eigenvalue weighted by atomic mass is 32.1. The van der Waals surface area contributed by atoms with Crippen LogP contribution in [0.25, 0.3) is 10.2 Å². The van der Waals surface area contributed by atoms with Gasteiger partial charge in [-0.25, -0.2) is 9.97 Å². The van der Waals surface area contributed by atoms with E-state index in [4.69, 9.17) is 5.73 Å². The zero-order valence-electron chi connectivity index (χ0n) is 14.9. The summed E-state index contributed by atoms with van der Waals surface area (Å²) >= 11 is 1.63. The average Bonchev–Trinajstić information content (AvgIpc) is 3.05. The first-order chi connectivity index (χ1) is 12.7. The second-order valence-electron chi connectivity index (χ2n) is 6.68. The molecule has 6 heteroatoms. The number of hydrogen-bond acceptors (Lipinski definition) is 5. The third kappa shape index (κ3) is 3.17. The lowest BCUT2D eigenvalue weighted by molar-refractivity contribution is -0.132. The van der Waals surface area contributed by atoms with E-state index < -0.39 is 0 Å². The molecule has 0 saturated carbocycles. The van der Waals surface area contributed by atoms with Gasteiger partial charge in [0, 0.05) is 17.8 Å². The van der Waals surface area contributed by atoms with Gasteiger partial charge in [0.2, 0.25) is 5.91 Å². The molecule has 0 unspecified atom stereocenters. The monoisotopic (exact) mass is 366 g/mol. The van der Waals surface area contributed by atoms with Crippen LogP contribution >= 0.6 is 11.3 Å². The molecule has 3 aromatic rings. The maximum absolute atomic E-state index is 12.7. The second-order valence-corrected chi connectivity index (χ2v) is 7.76. The topological polar surface area (TPSA) is 72.1 Å². The van der Waals surface area contributed by atoms with Crippen molar-refractivity contribution in [2.24, 2.45) is 0 Å². The Hall–Kier alpha value is -2.47. The van der Waals surface area contributed by atoms with Crippen LogP contribution in [0.2, 0.25) is 0 Å². The Kier molecular flexibility index (Phi) is 4.59. The largest absolute Gasteiger partial charge is 0.383 e. The maximum Gasteiger partial charge on any atom is 0.223 e. The van der Waals surface area contributed by atoms with Crippen molar-refractivity contribution in [3.05, 3.63) is 52.2 Å². The summed E-state index contributed by atoms with van der Waals surface area (Å²) in [4.78, 5) is 25.2. The molecule has 3 heterocycles. The Morgan fingerprint density at radius 3 is 2.77 bits per heavy atom. The second kappa shape index (κ2) is 7.03. The minimum absolute atomic E-state index is 0.215. The Balaban J connectivity index is 1.44. The zero-order valence-corrected chi connectivity index (χ0v) is 15.7. The van der Waals surface area contributed by atoms with Crippen LogP contribution < -0.4 is 5.73 Å². The third-order valence-electron chi connectivity index (χ3n) is 5.08. The van der Waals surface area contributed by atoms with Crippen molar-refractivity contribution in [2.45, 2.75) is 39.2 Å². The van der Waals surface area contributed by atoms with Crippen LogP contribution in [0.1, 0.15) is 34.9 Å². The summed E-state index contributed by atoms with van der Waals surface area (Å²) in [6.45, 7) is 3.54. The van der Waals surface area contributed by atoms with Crippen molar-refractivity contribution in [3.63, 3.8) is 0 Å². The highest BCUT2D eigenvalue weighted by Crippen LogP contribution is 2.36. The van der Waals surface area contributed by atoms with Gasteiger partial charge in [0.15, 0.2) is 0 Å². The molecule has 134 valence electrons. The molecule has 1 aliphatic rings. The van der Waals surface area contributed by atoms with E-state index in [-0.39, 0.29) is 5.91 Å². The fraction of sp³-hybridized carbons (Fsp3) is 0.350. The summed E-state index contributed by atoms with van der Waals surface area (Å²) in [6, 6.07) is 8.56. The van der Waals surface area contributed by atoms with E-state index in [0.717, 1.165) is 36.0 Å². The molecule has 1 amide bonds. The van der Waals surface area contributed by atoms with E-state index in [1.54, 1.807) is 11.3 Å². The standard InChI is InChI=1S/C20H22N4OS/c1-2-13-3-5-14(6-4-13)7-8-17(25)24-10-9-15-16(11-24)26-20-18(15)19(21)22-12-23-20/h3-6,12H,2,7-11H2,1H3,(H2,21,22,23). The van der Waals surface area contributed by atoms with Gasteiger partial charge in [0.25, 0.3) is 0 Å². The van der Waals surface area contributed by atoms with Gasteiger partial charge in [-0.1, -0.05) is 31.2 Å². The van der Waals surface area contributed by atoms with E-state index in [2.05, 4.69) is 41.2 Å². The van der Waals surface area contributed by atoms with Gasteiger partial charge in [-0.2, -0.15) is 0 Å². The van der Waals surface area contributed by atoms with Gasteiger partial charge >= 0.3 is 0 Å². The molecule has 1 aliphatic heterocycles. The van der Waals surface area contributed by atoms with E-state index in [1.807, 2.05) is 4.90 Å². The van der Waals surface area contributed by atoms with Crippen molar-refractivity contribution in [2.75, 3.05) is 12.3 Å². The predicted molar refractivity (Wildman–Crippen MR) is 105 cm³/mol. The molecule has 0 fully saturated rings. The molecule has 2 aromatic heterocycles. The Labute approximate surface area is 156 Å². The molecule has 0 saturated heterocycles. The molecule has 0 aliphatic carbocycles. The van der Waals surface area contributed by atoms with Crippen molar-refractivity contribution in [3.8, 4) is 0 Å². The van der Waals surface area contributed by atoms with Crippen molar-refractivity contribution >= 4 is 33.3 Å². The third-order valence-corrected chi connectivity index (χ3v) is 6.20. The first-order valence-corrected chi connectivity index (χ1v) is 9.83. The summed E-state index contributed by atoms with van der Waals surface area (Å²) in [5.41, 5.74) is 9.80. The predicted octanol–water partition coefficient (Wildman–Crippen LogP) is 3.35. The Morgan fingerprint density at radius 2 is 2.00 bits per heavy atom. The van der Waals surface area contributed by atoms with Crippen LogP contribution in [0.3, 0.4) is 0 Å². The lowest BCUT2D eigenvalue weighted by Crippen LogP contribution is -2.35. The van der Waals surface area contributed by atoms with Gasteiger partial charge in [0.05, 0.1) is 11.9 Å². The fourth-order valence-corrected chi connectivity index (χ4v) is 4.73. The molecule has 0 spiro atoms. The van der Waals surface area contributed by atoms with Gasteiger partial charge < -0.3 is 10.6 Å². The number of nitrogens with two attached hydrogens (primary N) is 1. The number of anilines is 1.